The van der Waals surface area contributed by atoms with Crippen molar-refractivity contribution in [1.82, 2.24) is 4.98 Å². The number of phenols is 1. The number of ketones is 1. The summed E-state index contributed by atoms with van der Waals surface area (Å²) in [5.74, 6) is -0.101. The second kappa shape index (κ2) is 4.94. The molecule has 1 aromatic heterocycles. The summed E-state index contributed by atoms with van der Waals surface area (Å²) in [6.07, 6.45) is 0.671. The average Bonchev–Trinajstić information content (AvgIpc) is 2.38. The van der Waals surface area contributed by atoms with Crippen molar-refractivity contribution < 1.29 is 9.90 Å². The molecular formula is C13H12BrNO3. The normalized spacial score (nSPS) is 12.6. The SMILES string of the molecule is CCC(Br)C(=O)c1ccc(O)c2[nH]c(=O)ccc12. The molecule has 2 N–H and O–H groups in total. The van der Waals surface area contributed by atoms with E-state index in [0.717, 1.165) is 0 Å². The van der Waals surface area contributed by atoms with E-state index < -0.39 is 0 Å². The van der Waals surface area contributed by atoms with Gasteiger partial charge in [0.05, 0.1) is 10.3 Å². The minimum atomic E-state index is -0.312. The molecule has 0 saturated heterocycles. The number of aromatic amines is 1. The van der Waals surface area contributed by atoms with Gasteiger partial charge in [0.25, 0.3) is 0 Å². The number of pyridine rings is 1. The maximum Gasteiger partial charge on any atom is 0.248 e. The zero-order valence-corrected chi connectivity index (χ0v) is 11.3. The fraction of sp³-hybridized carbons (Fsp3) is 0.231. The van der Waals surface area contributed by atoms with Gasteiger partial charge < -0.3 is 10.1 Å². The number of hydrogen-bond acceptors (Lipinski definition) is 3. The van der Waals surface area contributed by atoms with E-state index in [0.29, 0.717) is 22.9 Å². The van der Waals surface area contributed by atoms with Gasteiger partial charge in [-0.15, -0.1) is 0 Å². The Morgan fingerprint density at radius 3 is 2.78 bits per heavy atom. The molecule has 18 heavy (non-hydrogen) atoms. The van der Waals surface area contributed by atoms with E-state index in [2.05, 4.69) is 20.9 Å². The van der Waals surface area contributed by atoms with Crippen LogP contribution in [0.1, 0.15) is 23.7 Å². The first kappa shape index (κ1) is 12.8. The fourth-order valence-corrected chi connectivity index (χ4v) is 2.05. The van der Waals surface area contributed by atoms with Crippen molar-refractivity contribution in [3.63, 3.8) is 0 Å². The molecule has 0 amide bonds. The van der Waals surface area contributed by atoms with Crippen LogP contribution < -0.4 is 5.56 Å². The van der Waals surface area contributed by atoms with Crippen molar-refractivity contribution in [3.8, 4) is 5.75 Å². The summed E-state index contributed by atoms with van der Waals surface area (Å²) in [5, 5.41) is 10.3. The number of aromatic hydroxyl groups is 1. The van der Waals surface area contributed by atoms with Crippen molar-refractivity contribution in [1.29, 1.82) is 0 Å². The molecule has 0 bridgehead atoms. The summed E-state index contributed by atoms with van der Waals surface area (Å²) in [5.41, 5.74) is 0.472. The lowest BCUT2D eigenvalue weighted by atomic mass is 10.0. The van der Waals surface area contributed by atoms with E-state index in [-0.39, 0.29) is 21.9 Å². The highest BCUT2D eigenvalue weighted by Crippen LogP contribution is 2.27. The molecule has 0 saturated carbocycles. The van der Waals surface area contributed by atoms with Gasteiger partial charge in [-0.1, -0.05) is 22.9 Å². The number of Topliss-reactive ketones (excluding diaryl/α,β-unsaturated/α-hetero) is 1. The zero-order chi connectivity index (χ0) is 13.3. The van der Waals surface area contributed by atoms with Crippen molar-refractivity contribution in [2.45, 2.75) is 18.2 Å². The molecule has 5 heteroatoms. The number of rotatable bonds is 3. The molecule has 4 nitrogen and oxygen atoms in total. The number of hydrogen-bond donors (Lipinski definition) is 2. The third kappa shape index (κ3) is 2.18. The molecular weight excluding hydrogens is 298 g/mol. The van der Waals surface area contributed by atoms with Crippen LogP contribution in [0.5, 0.6) is 5.75 Å². The van der Waals surface area contributed by atoms with E-state index in [1.54, 1.807) is 12.1 Å². The van der Waals surface area contributed by atoms with Gasteiger partial charge in [0, 0.05) is 17.0 Å². The van der Waals surface area contributed by atoms with Gasteiger partial charge >= 0.3 is 0 Å². The van der Waals surface area contributed by atoms with Gasteiger partial charge in [-0.25, -0.2) is 0 Å². The number of carbonyl (C=O) groups is 1. The first-order chi connectivity index (χ1) is 8.54. The zero-order valence-electron chi connectivity index (χ0n) is 9.74. The lowest BCUT2D eigenvalue weighted by Gasteiger charge is -2.09. The molecule has 0 fully saturated rings. The van der Waals surface area contributed by atoms with Crippen LogP contribution in [0, 0.1) is 0 Å². The quantitative estimate of drug-likeness (QED) is 0.676. The van der Waals surface area contributed by atoms with E-state index in [1.807, 2.05) is 6.92 Å². The Morgan fingerprint density at radius 2 is 2.11 bits per heavy atom. The van der Waals surface area contributed by atoms with Crippen LogP contribution >= 0.6 is 15.9 Å². The van der Waals surface area contributed by atoms with Crippen LogP contribution in [0.2, 0.25) is 0 Å². The molecule has 0 aliphatic rings. The predicted octanol–water partition coefficient (Wildman–Crippen LogP) is 2.59. The number of H-pyrrole nitrogens is 1. The summed E-state index contributed by atoms with van der Waals surface area (Å²) in [4.78, 5) is 25.7. The average molecular weight is 310 g/mol. The molecule has 94 valence electrons. The minimum absolute atomic E-state index is 0.0399. The third-order valence-electron chi connectivity index (χ3n) is 2.78. The second-order valence-corrected chi connectivity index (χ2v) is 5.09. The molecule has 0 aliphatic heterocycles. The molecule has 1 unspecified atom stereocenters. The number of aromatic nitrogens is 1. The topological polar surface area (TPSA) is 70.2 Å². The van der Waals surface area contributed by atoms with Crippen LogP contribution in [0.25, 0.3) is 10.9 Å². The number of nitrogens with one attached hydrogen (secondary N) is 1. The summed E-state index contributed by atoms with van der Waals surface area (Å²) in [6, 6.07) is 5.88. The lowest BCUT2D eigenvalue weighted by molar-refractivity contribution is 0.0992. The Hall–Kier alpha value is -1.62. The fourth-order valence-electron chi connectivity index (χ4n) is 1.81. The molecule has 1 heterocycles. The second-order valence-electron chi connectivity index (χ2n) is 3.98. The molecule has 2 aromatic rings. The first-order valence-electron chi connectivity index (χ1n) is 5.58. The van der Waals surface area contributed by atoms with Crippen LogP contribution in [0.15, 0.2) is 29.1 Å². The Balaban J connectivity index is 2.70. The highest BCUT2D eigenvalue weighted by molar-refractivity contribution is 9.10. The van der Waals surface area contributed by atoms with E-state index in [1.165, 1.54) is 12.1 Å². The van der Waals surface area contributed by atoms with Crippen molar-refractivity contribution in [2.24, 2.45) is 0 Å². The summed E-state index contributed by atoms with van der Waals surface area (Å²) in [7, 11) is 0. The summed E-state index contributed by atoms with van der Waals surface area (Å²) >= 11 is 3.31. The number of carbonyl (C=O) groups excluding carboxylic acids is 1. The largest absolute Gasteiger partial charge is 0.506 e. The standard InChI is InChI=1S/C13H12BrNO3/c1-2-9(14)13(18)8-3-5-10(16)12-7(8)4-6-11(17)15-12/h3-6,9,16H,2H2,1H3,(H,15,17). The minimum Gasteiger partial charge on any atom is -0.506 e. The van der Waals surface area contributed by atoms with Crippen LogP contribution in [0.3, 0.4) is 0 Å². The van der Waals surface area contributed by atoms with E-state index in [9.17, 15) is 14.7 Å². The Labute approximate surface area is 112 Å². The maximum atomic E-state index is 12.2. The van der Waals surface area contributed by atoms with Crippen LogP contribution in [-0.4, -0.2) is 20.7 Å². The molecule has 0 spiro atoms. The predicted molar refractivity (Wildman–Crippen MR) is 73.6 cm³/mol. The van der Waals surface area contributed by atoms with Gasteiger partial charge in [0.15, 0.2) is 5.78 Å². The smallest absolute Gasteiger partial charge is 0.248 e. The van der Waals surface area contributed by atoms with Gasteiger partial charge in [-0.05, 0) is 24.6 Å². The van der Waals surface area contributed by atoms with Crippen LogP contribution in [-0.2, 0) is 0 Å². The number of halogens is 1. The van der Waals surface area contributed by atoms with Crippen molar-refractivity contribution >= 4 is 32.6 Å². The molecule has 1 atom stereocenters. The number of phenolic OH excluding ortho intramolecular Hbond substituents is 1. The Bertz CT molecular complexity index is 663. The number of fused-ring (bicyclic) bond motifs is 1. The van der Waals surface area contributed by atoms with Crippen molar-refractivity contribution in [2.75, 3.05) is 0 Å². The molecule has 0 radical (unpaired) electrons. The van der Waals surface area contributed by atoms with Gasteiger partial charge in [-0.3, -0.25) is 9.59 Å². The van der Waals surface area contributed by atoms with Gasteiger partial charge in [-0.2, -0.15) is 0 Å². The number of alkyl halides is 1. The highest BCUT2D eigenvalue weighted by Gasteiger charge is 2.18. The molecule has 2 rings (SSSR count). The summed E-state index contributed by atoms with van der Waals surface area (Å²) < 4.78 is 0. The van der Waals surface area contributed by atoms with E-state index >= 15 is 0 Å². The Morgan fingerprint density at radius 1 is 1.39 bits per heavy atom. The highest BCUT2D eigenvalue weighted by atomic mass is 79.9. The molecule has 1 aromatic carbocycles. The molecule has 0 aliphatic carbocycles. The summed E-state index contributed by atoms with van der Waals surface area (Å²) in [6.45, 7) is 1.90. The first-order valence-corrected chi connectivity index (χ1v) is 6.49. The monoisotopic (exact) mass is 309 g/mol. The van der Waals surface area contributed by atoms with Crippen molar-refractivity contribution in [3.05, 3.63) is 40.2 Å². The van der Waals surface area contributed by atoms with Gasteiger partial charge in [0.1, 0.15) is 5.75 Å². The third-order valence-corrected chi connectivity index (χ3v) is 3.84. The van der Waals surface area contributed by atoms with E-state index in [4.69, 9.17) is 0 Å². The number of benzene rings is 1. The maximum absolute atomic E-state index is 12.2. The lowest BCUT2D eigenvalue weighted by Crippen LogP contribution is -2.14. The Kier molecular flexibility index (Phi) is 3.52. The van der Waals surface area contributed by atoms with Gasteiger partial charge in [0.2, 0.25) is 5.56 Å². The van der Waals surface area contributed by atoms with Crippen LogP contribution in [0.4, 0.5) is 0 Å².